The molecule has 0 amide bonds. The van der Waals surface area contributed by atoms with Crippen LogP contribution in [0.25, 0.3) is 0 Å². The molecular formula is C7H14S4. The maximum Gasteiger partial charge on any atom is 0.0599 e. The molecule has 0 nitrogen and oxygen atoms in total. The fourth-order valence-electron chi connectivity index (χ4n) is 0.582. The van der Waals surface area contributed by atoms with Gasteiger partial charge in [0.05, 0.1) is 8.47 Å². The highest BCUT2D eigenvalue weighted by Crippen LogP contribution is 2.38. The minimum Gasteiger partial charge on any atom is -0.121 e. The molecule has 0 heterocycles. The standard InChI is InChI=1S/C7H14S4/c1-5-11-7(10-4)6(8-2)9-3/h5H2,1-4H3. The van der Waals surface area contributed by atoms with Crippen molar-refractivity contribution in [2.75, 3.05) is 24.5 Å². The third-order valence-corrected chi connectivity index (χ3v) is 5.85. The van der Waals surface area contributed by atoms with Crippen LogP contribution in [0.15, 0.2) is 8.47 Å². The third kappa shape index (κ3) is 4.65. The largest absolute Gasteiger partial charge is 0.121 e. The predicted molar refractivity (Wildman–Crippen MR) is 65.7 cm³/mol. The van der Waals surface area contributed by atoms with Crippen LogP contribution in [-0.4, -0.2) is 24.5 Å². The fraction of sp³-hybridized carbons (Fsp3) is 0.714. The van der Waals surface area contributed by atoms with Crippen LogP contribution in [0.4, 0.5) is 0 Å². The Bertz CT molecular complexity index is 124. The number of hydrogen-bond acceptors (Lipinski definition) is 4. The molecule has 0 aliphatic heterocycles. The van der Waals surface area contributed by atoms with Crippen LogP contribution in [0, 0.1) is 0 Å². The van der Waals surface area contributed by atoms with Crippen molar-refractivity contribution in [2.45, 2.75) is 6.92 Å². The second-order valence-electron chi connectivity index (χ2n) is 1.62. The van der Waals surface area contributed by atoms with Gasteiger partial charge in [0.15, 0.2) is 0 Å². The molecular weight excluding hydrogens is 212 g/mol. The highest BCUT2D eigenvalue weighted by atomic mass is 32.2. The van der Waals surface area contributed by atoms with Gasteiger partial charge >= 0.3 is 0 Å². The van der Waals surface area contributed by atoms with Gasteiger partial charge in [-0.3, -0.25) is 0 Å². The van der Waals surface area contributed by atoms with E-state index >= 15 is 0 Å². The van der Waals surface area contributed by atoms with Gasteiger partial charge in [0, 0.05) is 0 Å². The highest BCUT2D eigenvalue weighted by molar-refractivity contribution is 8.27. The Kier molecular flexibility index (Phi) is 8.58. The van der Waals surface area contributed by atoms with E-state index in [0.29, 0.717) is 0 Å². The highest BCUT2D eigenvalue weighted by Gasteiger charge is 2.02. The predicted octanol–water partition coefficient (Wildman–Crippen LogP) is 3.96. The van der Waals surface area contributed by atoms with Crippen LogP contribution in [0.2, 0.25) is 0 Å². The van der Waals surface area contributed by atoms with Gasteiger partial charge in [-0.2, -0.15) is 0 Å². The molecule has 0 bridgehead atoms. The summed E-state index contributed by atoms with van der Waals surface area (Å²) in [4.78, 5) is 0. The SMILES string of the molecule is CCSC(SC)=C(SC)SC. The van der Waals surface area contributed by atoms with Gasteiger partial charge < -0.3 is 0 Å². The summed E-state index contributed by atoms with van der Waals surface area (Å²) in [5.41, 5.74) is 0. The van der Waals surface area contributed by atoms with Gasteiger partial charge in [-0.05, 0) is 24.5 Å². The van der Waals surface area contributed by atoms with Crippen molar-refractivity contribution in [2.24, 2.45) is 0 Å². The topological polar surface area (TPSA) is 0 Å². The van der Waals surface area contributed by atoms with Crippen LogP contribution < -0.4 is 0 Å². The summed E-state index contributed by atoms with van der Waals surface area (Å²) in [6, 6.07) is 0. The lowest BCUT2D eigenvalue weighted by atomic mass is 11.0. The van der Waals surface area contributed by atoms with E-state index in [-0.39, 0.29) is 0 Å². The first-order valence-corrected chi connectivity index (χ1v) is 7.95. The van der Waals surface area contributed by atoms with Gasteiger partial charge in [0.2, 0.25) is 0 Å². The summed E-state index contributed by atoms with van der Waals surface area (Å²) in [6.45, 7) is 2.19. The zero-order valence-corrected chi connectivity index (χ0v) is 10.6. The van der Waals surface area contributed by atoms with E-state index in [2.05, 4.69) is 25.7 Å². The van der Waals surface area contributed by atoms with Crippen LogP contribution >= 0.6 is 47.0 Å². The zero-order chi connectivity index (χ0) is 8.69. The Morgan fingerprint density at radius 2 is 1.36 bits per heavy atom. The maximum absolute atomic E-state index is 2.19. The van der Waals surface area contributed by atoms with Crippen LogP contribution in [0.1, 0.15) is 6.92 Å². The lowest BCUT2D eigenvalue weighted by Crippen LogP contribution is -1.76. The van der Waals surface area contributed by atoms with Gasteiger partial charge in [-0.25, -0.2) is 0 Å². The van der Waals surface area contributed by atoms with Crippen LogP contribution in [-0.2, 0) is 0 Å². The molecule has 0 aliphatic carbocycles. The lowest BCUT2D eigenvalue weighted by Gasteiger charge is -2.06. The molecule has 0 atom stereocenters. The van der Waals surface area contributed by atoms with Gasteiger partial charge in [0.1, 0.15) is 0 Å². The first-order chi connectivity index (χ1) is 5.29. The van der Waals surface area contributed by atoms with Crippen molar-refractivity contribution in [3.05, 3.63) is 8.47 Å². The molecule has 0 rings (SSSR count). The van der Waals surface area contributed by atoms with Crippen molar-refractivity contribution in [1.29, 1.82) is 0 Å². The molecule has 0 aromatic carbocycles. The van der Waals surface area contributed by atoms with Gasteiger partial charge in [0.25, 0.3) is 0 Å². The molecule has 0 N–H and O–H groups in total. The Hall–Kier alpha value is 1.14. The second-order valence-corrected chi connectivity index (χ2v) is 5.86. The van der Waals surface area contributed by atoms with E-state index in [4.69, 9.17) is 0 Å². The maximum atomic E-state index is 2.19. The van der Waals surface area contributed by atoms with E-state index in [9.17, 15) is 0 Å². The summed E-state index contributed by atoms with van der Waals surface area (Å²) >= 11 is 7.47. The van der Waals surface area contributed by atoms with E-state index in [0.717, 1.165) is 0 Å². The van der Waals surface area contributed by atoms with E-state index in [1.54, 1.807) is 0 Å². The normalized spacial score (nSPS) is 9.82. The average Bonchev–Trinajstić information content (AvgIpc) is 2.05. The minimum absolute atomic E-state index is 1.17. The summed E-state index contributed by atoms with van der Waals surface area (Å²) < 4.78 is 2.91. The minimum atomic E-state index is 1.17. The molecule has 0 aromatic rings. The summed E-state index contributed by atoms with van der Waals surface area (Å²) in [5.74, 6) is 1.17. The molecule has 0 aromatic heterocycles. The Labute approximate surface area is 86.7 Å². The Morgan fingerprint density at radius 1 is 0.909 bits per heavy atom. The summed E-state index contributed by atoms with van der Waals surface area (Å²) in [5, 5.41) is 0. The van der Waals surface area contributed by atoms with E-state index < -0.39 is 0 Å². The fourth-order valence-corrected chi connectivity index (χ4v) is 4.81. The van der Waals surface area contributed by atoms with Gasteiger partial charge in [-0.15, -0.1) is 47.0 Å². The molecule has 0 spiro atoms. The molecule has 0 unspecified atom stereocenters. The second kappa shape index (κ2) is 7.77. The Morgan fingerprint density at radius 3 is 1.64 bits per heavy atom. The number of thioether (sulfide) groups is 4. The summed E-state index contributed by atoms with van der Waals surface area (Å²) in [6.07, 6.45) is 6.42. The van der Waals surface area contributed by atoms with Gasteiger partial charge in [-0.1, -0.05) is 6.92 Å². The van der Waals surface area contributed by atoms with E-state index in [1.165, 1.54) is 14.2 Å². The molecule has 11 heavy (non-hydrogen) atoms. The third-order valence-electron chi connectivity index (χ3n) is 0.998. The van der Waals surface area contributed by atoms with E-state index in [1.807, 2.05) is 47.0 Å². The molecule has 0 saturated carbocycles. The first kappa shape index (κ1) is 12.1. The number of rotatable bonds is 5. The molecule has 0 fully saturated rings. The van der Waals surface area contributed by atoms with Crippen molar-refractivity contribution < 1.29 is 0 Å². The number of hydrogen-bond donors (Lipinski definition) is 0. The lowest BCUT2D eigenvalue weighted by molar-refractivity contribution is 1.53. The van der Waals surface area contributed by atoms with Crippen molar-refractivity contribution in [1.82, 2.24) is 0 Å². The molecule has 66 valence electrons. The molecule has 0 aliphatic rings. The molecule has 0 saturated heterocycles. The monoisotopic (exact) mass is 226 g/mol. The summed E-state index contributed by atoms with van der Waals surface area (Å²) in [7, 11) is 0. The first-order valence-electron chi connectivity index (χ1n) is 3.29. The van der Waals surface area contributed by atoms with Crippen molar-refractivity contribution >= 4 is 47.0 Å². The molecule has 4 heteroatoms. The van der Waals surface area contributed by atoms with Crippen molar-refractivity contribution in [3.8, 4) is 0 Å². The van der Waals surface area contributed by atoms with Crippen LogP contribution in [0.5, 0.6) is 0 Å². The smallest absolute Gasteiger partial charge is 0.0599 e. The average molecular weight is 226 g/mol. The zero-order valence-electron chi connectivity index (χ0n) is 7.34. The Balaban J connectivity index is 4.21. The van der Waals surface area contributed by atoms with Crippen LogP contribution in [0.3, 0.4) is 0 Å². The van der Waals surface area contributed by atoms with Crippen molar-refractivity contribution in [3.63, 3.8) is 0 Å². The quantitative estimate of drug-likeness (QED) is 0.695. The molecule has 0 radical (unpaired) electrons.